The van der Waals surface area contributed by atoms with Crippen molar-refractivity contribution in [1.29, 1.82) is 5.26 Å². The number of rotatable bonds is 4. The predicted octanol–water partition coefficient (Wildman–Crippen LogP) is 2.07. The lowest BCUT2D eigenvalue weighted by atomic mass is 10.1. The summed E-state index contributed by atoms with van der Waals surface area (Å²) in [6.07, 6.45) is 1.72. The van der Waals surface area contributed by atoms with Gasteiger partial charge >= 0.3 is 0 Å². The molecular formula is C14H18N4. The van der Waals surface area contributed by atoms with Crippen molar-refractivity contribution in [2.24, 2.45) is 5.73 Å². The van der Waals surface area contributed by atoms with Crippen LogP contribution in [0.3, 0.4) is 0 Å². The van der Waals surface area contributed by atoms with E-state index in [1.165, 1.54) is 11.1 Å². The Morgan fingerprint density at radius 1 is 1.33 bits per heavy atom. The predicted molar refractivity (Wildman–Crippen MR) is 72.2 cm³/mol. The molecule has 1 aromatic carbocycles. The second-order valence-electron chi connectivity index (χ2n) is 4.59. The van der Waals surface area contributed by atoms with Crippen molar-refractivity contribution in [3.05, 3.63) is 29.1 Å². The summed E-state index contributed by atoms with van der Waals surface area (Å²) in [4.78, 5) is 4.63. The van der Waals surface area contributed by atoms with Gasteiger partial charge < -0.3 is 10.3 Å². The fourth-order valence-corrected chi connectivity index (χ4v) is 2.13. The minimum Gasteiger partial charge on any atom is -0.330 e. The van der Waals surface area contributed by atoms with Gasteiger partial charge in [-0.25, -0.2) is 4.98 Å². The van der Waals surface area contributed by atoms with E-state index in [0.717, 1.165) is 29.7 Å². The molecule has 0 fully saturated rings. The van der Waals surface area contributed by atoms with Gasteiger partial charge in [0.05, 0.1) is 17.1 Å². The maximum atomic E-state index is 8.95. The number of benzene rings is 1. The summed E-state index contributed by atoms with van der Waals surface area (Å²) in [6, 6.07) is 6.40. The Morgan fingerprint density at radius 3 is 2.72 bits per heavy atom. The van der Waals surface area contributed by atoms with E-state index in [4.69, 9.17) is 11.0 Å². The molecule has 0 aliphatic rings. The van der Waals surface area contributed by atoms with Crippen LogP contribution in [0.4, 0.5) is 0 Å². The highest BCUT2D eigenvalue weighted by atomic mass is 15.1. The van der Waals surface area contributed by atoms with Gasteiger partial charge in [0.15, 0.2) is 0 Å². The maximum Gasteiger partial charge on any atom is 0.111 e. The average molecular weight is 242 g/mol. The van der Waals surface area contributed by atoms with Crippen molar-refractivity contribution in [2.75, 3.05) is 6.54 Å². The second-order valence-corrected chi connectivity index (χ2v) is 4.59. The molecule has 0 unspecified atom stereocenters. The van der Waals surface area contributed by atoms with E-state index >= 15 is 0 Å². The Hall–Kier alpha value is -1.86. The molecule has 94 valence electrons. The van der Waals surface area contributed by atoms with Crippen LogP contribution in [0.2, 0.25) is 0 Å². The first-order valence-corrected chi connectivity index (χ1v) is 6.20. The number of nitrogens with two attached hydrogens (primary N) is 1. The Morgan fingerprint density at radius 2 is 2.06 bits per heavy atom. The van der Waals surface area contributed by atoms with Gasteiger partial charge in [0.2, 0.25) is 0 Å². The molecule has 4 heteroatoms. The van der Waals surface area contributed by atoms with E-state index in [9.17, 15) is 0 Å². The Kier molecular flexibility index (Phi) is 3.63. The number of hydrogen-bond donors (Lipinski definition) is 1. The van der Waals surface area contributed by atoms with Crippen molar-refractivity contribution in [2.45, 2.75) is 33.2 Å². The lowest BCUT2D eigenvalue weighted by molar-refractivity contribution is 0.716. The van der Waals surface area contributed by atoms with E-state index in [-0.39, 0.29) is 0 Å². The SMILES string of the molecule is Cc1cc2nc(CCCN)n(CC#N)c2cc1C. The van der Waals surface area contributed by atoms with Crippen LogP contribution in [0.5, 0.6) is 0 Å². The Balaban J connectivity index is 2.56. The van der Waals surface area contributed by atoms with Crippen LogP contribution in [-0.2, 0) is 13.0 Å². The molecule has 0 amide bonds. The normalized spacial score (nSPS) is 10.8. The zero-order valence-electron chi connectivity index (χ0n) is 10.9. The molecule has 0 aliphatic carbocycles. The maximum absolute atomic E-state index is 8.95. The minimum absolute atomic E-state index is 0.346. The summed E-state index contributed by atoms with van der Waals surface area (Å²) in [5, 5.41) is 8.95. The highest BCUT2D eigenvalue weighted by Gasteiger charge is 2.11. The lowest BCUT2D eigenvalue weighted by Crippen LogP contribution is -2.06. The van der Waals surface area contributed by atoms with Crippen LogP contribution in [0.25, 0.3) is 11.0 Å². The summed E-state index contributed by atoms with van der Waals surface area (Å²) in [7, 11) is 0. The van der Waals surface area contributed by atoms with E-state index in [1.54, 1.807) is 0 Å². The number of nitrogens with zero attached hydrogens (tertiary/aromatic N) is 3. The zero-order valence-corrected chi connectivity index (χ0v) is 10.9. The number of nitriles is 1. The number of aryl methyl sites for hydroxylation is 3. The summed E-state index contributed by atoms with van der Waals surface area (Å²) in [5.41, 5.74) is 10.0. The van der Waals surface area contributed by atoms with Crippen LogP contribution in [0, 0.1) is 25.2 Å². The van der Waals surface area contributed by atoms with E-state index in [2.05, 4.69) is 37.0 Å². The van der Waals surface area contributed by atoms with Crippen molar-refractivity contribution in [1.82, 2.24) is 9.55 Å². The van der Waals surface area contributed by atoms with Gasteiger partial charge in [-0.2, -0.15) is 5.26 Å². The number of hydrogen-bond acceptors (Lipinski definition) is 3. The largest absolute Gasteiger partial charge is 0.330 e. The highest BCUT2D eigenvalue weighted by Crippen LogP contribution is 2.21. The number of fused-ring (bicyclic) bond motifs is 1. The zero-order chi connectivity index (χ0) is 13.1. The van der Waals surface area contributed by atoms with Crippen LogP contribution in [-0.4, -0.2) is 16.1 Å². The molecule has 2 aromatic rings. The van der Waals surface area contributed by atoms with Gasteiger partial charge in [-0.1, -0.05) is 0 Å². The smallest absolute Gasteiger partial charge is 0.111 e. The topological polar surface area (TPSA) is 67.6 Å². The average Bonchev–Trinajstić information content (AvgIpc) is 2.66. The van der Waals surface area contributed by atoms with Gasteiger partial charge in [0.25, 0.3) is 0 Å². The van der Waals surface area contributed by atoms with Crippen molar-refractivity contribution < 1.29 is 0 Å². The van der Waals surface area contributed by atoms with Crippen molar-refractivity contribution in [3.63, 3.8) is 0 Å². The quantitative estimate of drug-likeness (QED) is 0.892. The first kappa shape index (κ1) is 12.6. The summed E-state index contributed by atoms with van der Waals surface area (Å²) in [5.74, 6) is 0.960. The molecule has 0 spiro atoms. The van der Waals surface area contributed by atoms with Gasteiger partial charge in [0.1, 0.15) is 12.4 Å². The van der Waals surface area contributed by atoms with E-state index in [0.29, 0.717) is 13.1 Å². The first-order valence-electron chi connectivity index (χ1n) is 6.20. The summed E-state index contributed by atoms with van der Waals surface area (Å²) >= 11 is 0. The molecule has 0 bridgehead atoms. The molecule has 0 radical (unpaired) electrons. The van der Waals surface area contributed by atoms with Gasteiger partial charge in [-0.05, 0) is 50.1 Å². The fourth-order valence-electron chi connectivity index (χ4n) is 2.13. The molecule has 18 heavy (non-hydrogen) atoms. The lowest BCUT2D eigenvalue weighted by Gasteiger charge is -2.05. The minimum atomic E-state index is 0.346. The van der Waals surface area contributed by atoms with Gasteiger partial charge in [-0.15, -0.1) is 0 Å². The highest BCUT2D eigenvalue weighted by molar-refractivity contribution is 5.78. The van der Waals surface area contributed by atoms with Crippen LogP contribution >= 0.6 is 0 Å². The monoisotopic (exact) mass is 242 g/mol. The molecule has 1 heterocycles. The third-order valence-corrected chi connectivity index (χ3v) is 3.28. The van der Waals surface area contributed by atoms with Crippen molar-refractivity contribution >= 4 is 11.0 Å². The molecule has 0 atom stereocenters. The molecule has 0 aliphatic heterocycles. The van der Waals surface area contributed by atoms with Gasteiger partial charge in [-0.3, -0.25) is 0 Å². The molecule has 0 saturated heterocycles. The van der Waals surface area contributed by atoms with Gasteiger partial charge in [0, 0.05) is 6.42 Å². The molecular weight excluding hydrogens is 224 g/mol. The number of aromatic nitrogens is 2. The first-order chi connectivity index (χ1) is 8.67. The molecule has 1 aromatic heterocycles. The molecule has 0 saturated carbocycles. The standard InChI is InChI=1S/C14H18N4/c1-10-8-12-13(9-11(10)2)18(7-6-16)14(17-12)4-3-5-15/h8-9H,3-5,7,15H2,1-2H3. The fraction of sp³-hybridized carbons (Fsp3) is 0.429. The Bertz CT molecular complexity index is 604. The molecule has 2 N–H and O–H groups in total. The molecule has 4 nitrogen and oxygen atoms in total. The third kappa shape index (κ3) is 2.22. The van der Waals surface area contributed by atoms with Crippen LogP contribution in [0.15, 0.2) is 12.1 Å². The van der Waals surface area contributed by atoms with E-state index in [1.807, 2.05) is 4.57 Å². The summed E-state index contributed by atoms with van der Waals surface area (Å²) in [6.45, 7) is 5.16. The van der Waals surface area contributed by atoms with Crippen molar-refractivity contribution in [3.8, 4) is 6.07 Å². The molecule has 2 rings (SSSR count). The third-order valence-electron chi connectivity index (χ3n) is 3.28. The van der Waals surface area contributed by atoms with E-state index < -0.39 is 0 Å². The van der Waals surface area contributed by atoms with Crippen LogP contribution < -0.4 is 5.73 Å². The summed E-state index contributed by atoms with van der Waals surface area (Å²) < 4.78 is 2.00. The number of imidazole rings is 1. The Labute approximate surface area is 107 Å². The second kappa shape index (κ2) is 5.19. The van der Waals surface area contributed by atoms with Crippen LogP contribution in [0.1, 0.15) is 23.4 Å².